The summed E-state index contributed by atoms with van der Waals surface area (Å²) in [4.78, 5) is 26.3. The van der Waals surface area contributed by atoms with Gasteiger partial charge >= 0.3 is 6.09 Å². The van der Waals surface area contributed by atoms with Gasteiger partial charge in [0.15, 0.2) is 0 Å². The summed E-state index contributed by atoms with van der Waals surface area (Å²) in [6.45, 7) is 0.932. The maximum Gasteiger partial charge on any atom is 0.410 e. The van der Waals surface area contributed by atoms with Crippen molar-refractivity contribution in [1.29, 1.82) is 0 Å². The highest BCUT2D eigenvalue weighted by Crippen LogP contribution is 2.33. The minimum absolute atomic E-state index is 0.116. The molecule has 2 aromatic heterocycles. The summed E-state index contributed by atoms with van der Waals surface area (Å²) >= 11 is 0. The molecule has 0 bridgehead atoms. The summed E-state index contributed by atoms with van der Waals surface area (Å²) in [5.41, 5.74) is 12.6. The number of fused-ring (bicyclic) bond motifs is 2. The predicted octanol–water partition coefficient (Wildman–Crippen LogP) is 5.77. The van der Waals surface area contributed by atoms with Crippen molar-refractivity contribution in [3.8, 4) is 11.3 Å². The molecule has 1 aliphatic rings. The Hall–Kier alpha value is -4.26. The number of nitrogens with zero attached hydrogens (tertiary/aromatic N) is 2. The van der Waals surface area contributed by atoms with E-state index in [0.717, 1.165) is 63.1 Å². The summed E-state index contributed by atoms with van der Waals surface area (Å²) in [6.07, 6.45) is 1.48. The third-order valence-electron chi connectivity index (χ3n) is 6.47. The van der Waals surface area contributed by atoms with E-state index in [4.69, 9.17) is 15.5 Å². The Balaban J connectivity index is 1.24. The molecule has 4 N–H and O–H groups in total. The van der Waals surface area contributed by atoms with Crippen LogP contribution in [0.5, 0.6) is 0 Å². The van der Waals surface area contributed by atoms with Gasteiger partial charge < -0.3 is 20.4 Å². The molecular formula is C27H25N5O2. The Kier molecular flexibility index (Phi) is 4.95. The Morgan fingerprint density at radius 1 is 1.03 bits per heavy atom. The SMILES string of the molecule is Nc1ccc2[nH]c(-c3ccc4[nH]c([C@@H]5CCCN5C(=O)OCc5ccccc5)nc4c3)cc2c1. The van der Waals surface area contributed by atoms with E-state index < -0.39 is 0 Å². The van der Waals surface area contributed by atoms with Crippen LogP contribution in [0.1, 0.15) is 30.3 Å². The first-order valence-corrected chi connectivity index (χ1v) is 11.5. The van der Waals surface area contributed by atoms with Gasteiger partial charge in [0.1, 0.15) is 12.4 Å². The van der Waals surface area contributed by atoms with Crippen molar-refractivity contribution >= 4 is 33.7 Å². The lowest BCUT2D eigenvalue weighted by Crippen LogP contribution is -2.31. The van der Waals surface area contributed by atoms with E-state index in [9.17, 15) is 4.79 Å². The highest BCUT2D eigenvalue weighted by atomic mass is 16.6. The van der Waals surface area contributed by atoms with Crippen LogP contribution in [-0.4, -0.2) is 32.5 Å². The van der Waals surface area contributed by atoms with Gasteiger partial charge in [-0.25, -0.2) is 9.78 Å². The van der Waals surface area contributed by atoms with Crippen molar-refractivity contribution < 1.29 is 9.53 Å². The zero-order chi connectivity index (χ0) is 23.1. The van der Waals surface area contributed by atoms with E-state index >= 15 is 0 Å². The van der Waals surface area contributed by atoms with Crippen LogP contribution in [-0.2, 0) is 11.3 Å². The zero-order valence-corrected chi connectivity index (χ0v) is 18.6. The lowest BCUT2D eigenvalue weighted by atomic mass is 10.1. The summed E-state index contributed by atoms with van der Waals surface area (Å²) in [7, 11) is 0. The number of aromatic nitrogens is 3. The Morgan fingerprint density at radius 2 is 1.88 bits per heavy atom. The molecule has 34 heavy (non-hydrogen) atoms. The van der Waals surface area contributed by atoms with Crippen molar-refractivity contribution in [2.45, 2.75) is 25.5 Å². The number of amides is 1. The van der Waals surface area contributed by atoms with Gasteiger partial charge in [0.2, 0.25) is 0 Å². The third-order valence-corrected chi connectivity index (χ3v) is 6.47. The summed E-state index contributed by atoms with van der Waals surface area (Å²) in [5, 5.41) is 1.08. The van der Waals surface area contributed by atoms with Crippen molar-refractivity contribution in [3.63, 3.8) is 0 Å². The quantitative estimate of drug-likeness (QED) is 0.302. The molecule has 1 atom stereocenters. The van der Waals surface area contributed by atoms with Gasteiger partial charge in [0, 0.05) is 34.4 Å². The second-order valence-corrected chi connectivity index (χ2v) is 8.78. The van der Waals surface area contributed by atoms with E-state index in [1.807, 2.05) is 54.6 Å². The number of likely N-dealkylation sites (tertiary alicyclic amines) is 1. The van der Waals surface area contributed by atoms with Gasteiger partial charge in [-0.2, -0.15) is 0 Å². The van der Waals surface area contributed by atoms with Gasteiger partial charge in [0.05, 0.1) is 17.1 Å². The molecule has 1 fully saturated rings. The van der Waals surface area contributed by atoms with Crippen molar-refractivity contribution in [2.24, 2.45) is 0 Å². The molecule has 0 spiro atoms. The molecular weight excluding hydrogens is 426 g/mol. The number of nitrogens with two attached hydrogens (primary N) is 1. The molecule has 0 aliphatic carbocycles. The number of H-pyrrole nitrogens is 2. The smallest absolute Gasteiger partial charge is 0.410 e. The fourth-order valence-electron chi connectivity index (χ4n) is 4.73. The molecule has 1 aliphatic heterocycles. The first-order valence-electron chi connectivity index (χ1n) is 11.5. The Bertz CT molecular complexity index is 1490. The molecule has 7 heteroatoms. The topological polar surface area (TPSA) is 100 Å². The number of benzene rings is 3. The van der Waals surface area contributed by atoms with E-state index in [2.05, 4.69) is 28.2 Å². The number of carbonyl (C=O) groups is 1. The van der Waals surface area contributed by atoms with Gasteiger partial charge in [-0.1, -0.05) is 36.4 Å². The largest absolute Gasteiger partial charge is 0.445 e. The Morgan fingerprint density at radius 3 is 2.76 bits per heavy atom. The van der Waals surface area contributed by atoms with Gasteiger partial charge in [0.25, 0.3) is 0 Å². The van der Waals surface area contributed by atoms with E-state index in [1.54, 1.807) is 4.90 Å². The average molecular weight is 452 g/mol. The second-order valence-electron chi connectivity index (χ2n) is 8.78. The minimum atomic E-state index is -0.301. The predicted molar refractivity (Wildman–Crippen MR) is 133 cm³/mol. The van der Waals surface area contributed by atoms with Crippen LogP contribution in [0.2, 0.25) is 0 Å². The number of hydrogen-bond donors (Lipinski definition) is 3. The number of carbonyl (C=O) groups excluding carboxylic acids is 1. The fraction of sp³-hybridized carbons (Fsp3) is 0.185. The van der Waals surface area contributed by atoms with Crippen molar-refractivity contribution in [3.05, 3.63) is 84.2 Å². The average Bonchev–Trinajstić information content (AvgIpc) is 3.59. The number of rotatable bonds is 4. The number of nitrogens with one attached hydrogen (secondary N) is 2. The molecule has 1 amide bonds. The molecule has 7 nitrogen and oxygen atoms in total. The Labute approximate surface area is 196 Å². The normalized spacial score (nSPS) is 15.9. The fourth-order valence-corrected chi connectivity index (χ4v) is 4.73. The number of anilines is 1. The highest BCUT2D eigenvalue weighted by molar-refractivity contribution is 5.90. The second kappa shape index (κ2) is 8.26. The van der Waals surface area contributed by atoms with Crippen molar-refractivity contribution in [2.75, 3.05) is 12.3 Å². The van der Waals surface area contributed by atoms with Crippen LogP contribution in [0, 0.1) is 0 Å². The minimum Gasteiger partial charge on any atom is -0.445 e. The van der Waals surface area contributed by atoms with E-state index in [1.165, 1.54) is 0 Å². The molecule has 6 rings (SSSR count). The van der Waals surface area contributed by atoms with Crippen molar-refractivity contribution in [1.82, 2.24) is 19.9 Å². The number of hydrogen-bond acceptors (Lipinski definition) is 4. The molecule has 170 valence electrons. The lowest BCUT2D eigenvalue weighted by Gasteiger charge is -2.22. The van der Waals surface area contributed by atoms with Crippen LogP contribution in [0.4, 0.5) is 10.5 Å². The van der Waals surface area contributed by atoms with Crippen LogP contribution in [0.3, 0.4) is 0 Å². The molecule has 0 radical (unpaired) electrons. The van der Waals surface area contributed by atoms with E-state index in [0.29, 0.717) is 6.54 Å². The highest BCUT2D eigenvalue weighted by Gasteiger charge is 2.33. The molecule has 1 saturated heterocycles. The standard InChI is InChI=1S/C27H25N5O2/c28-20-9-11-21-19(13-20)15-23(29-21)18-8-10-22-24(14-18)31-26(30-22)25-7-4-12-32(25)27(33)34-16-17-5-2-1-3-6-17/h1-3,5-6,8-11,13-15,25,29H,4,7,12,16,28H2,(H,30,31)/t25-/m0/s1. The summed E-state index contributed by atoms with van der Waals surface area (Å²) < 4.78 is 5.58. The number of ether oxygens (including phenoxy) is 1. The van der Waals surface area contributed by atoms with Gasteiger partial charge in [-0.15, -0.1) is 0 Å². The number of imidazole rings is 1. The maximum absolute atomic E-state index is 12.8. The number of aromatic amines is 2. The van der Waals surface area contributed by atoms with Crippen LogP contribution >= 0.6 is 0 Å². The molecule has 3 heterocycles. The van der Waals surface area contributed by atoms with Crippen LogP contribution in [0.25, 0.3) is 33.2 Å². The molecule has 0 unspecified atom stereocenters. The van der Waals surface area contributed by atoms with Gasteiger partial charge in [-0.05, 0) is 54.8 Å². The molecule has 0 saturated carbocycles. The van der Waals surface area contributed by atoms with Crippen LogP contribution in [0.15, 0.2) is 72.8 Å². The summed E-state index contributed by atoms with van der Waals surface area (Å²) in [6, 6.07) is 23.7. The first-order chi connectivity index (χ1) is 16.6. The molecule has 3 aromatic carbocycles. The summed E-state index contributed by atoms with van der Waals surface area (Å²) in [5.74, 6) is 0.797. The zero-order valence-electron chi connectivity index (χ0n) is 18.6. The van der Waals surface area contributed by atoms with Gasteiger partial charge in [-0.3, -0.25) is 4.90 Å². The third kappa shape index (κ3) is 3.75. The van der Waals surface area contributed by atoms with E-state index in [-0.39, 0.29) is 18.7 Å². The number of nitrogen functional groups attached to an aromatic ring is 1. The maximum atomic E-state index is 12.8. The monoisotopic (exact) mass is 451 g/mol. The first kappa shape index (κ1) is 20.4. The lowest BCUT2D eigenvalue weighted by molar-refractivity contribution is 0.0910. The van der Waals surface area contributed by atoms with Crippen LogP contribution < -0.4 is 5.73 Å². The molecule has 5 aromatic rings.